The van der Waals surface area contributed by atoms with Gasteiger partial charge in [0.2, 0.25) is 0 Å². The Morgan fingerprint density at radius 1 is 1.59 bits per heavy atom. The van der Waals surface area contributed by atoms with Gasteiger partial charge in [-0.3, -0.25) is 4.79 Å². The van der Waals surface area contributed by atoms with Crippen LogP contribution >= 0.6 is 0 Å². The maximum absolute atomic E-state index is 11.2. The molecule has 0 aromatic rings. The van der Waals surface area contributed by atoms with Crippen molar-refractivity contribution < 1.29 is 47.8 Å². The number of carbonyl (C=O) groups excluding carboxylic acids is 1. The Labute approximate surface area is 120 Å². The second-order valence-electron chi connectivity index (χ2n) is 5.40. The Morgan fingerprint density at radius 2 is 2.18 bits per heavy atom. The highest BCUT2D eigenvalue weighted by atomic mass is 127. The minimum Gasteiger partial charge on any atom is -1.00 e. The minimum absolute atomic E-state index is 0. The summed E-state index contributed by atoms with van der Waals surface area (Å²) >= 11 is 0. The Kier molecular flexibility index (Phi) is 6.34. The molecule has 0 spiro atoms. The van der Waals surface area contributed by atoms with Crippen LogP contribution < -0.4 is 24.0 Å². The van der Waals surface area contributed by atoms with E-state index < -0.39 is 5.60 Å². The highest BCUT2D eigenvalue weighted by Gasteiger charge is 2.43. The lowest BCUT2D eigenvalue weighted by molar-refractivity contribution is -0.909. The fourth-order valence-corrected chi connectivity index (χ4v) is 2.46. The molecule has 0 unspecified atom stereocenters. The lowest BCUT2D eigenvalue weighted by Gasteiger charge is -2.46. The van der Waals surface area contributed by atoms with Gasteiger partial charge in [-0.1, -0.05) is 0 Å². The molecule has 0 amide bonds. The van der Waals surface area contributed by atoms with E-state index in [2.05, 4.69) is 18.8 Å². The van der Waals surface area contributed by atoms with Crippen molar-refractivity contribution in [3.63, 3.8) is 0 Å². The number of nitrogens with zero attached hydrogens (tertiary/aromatic N) is 1. The van der Waals surface area contributed by atoms with Gasteiger partial charge in [-0.05, 0) is 6.92 Å². The molecule has 0 aromatic carbocycles. The molecule has 0 radical (unpaired) electrons. The zero-order valence-electron chi connectivity index (χ0n) is 10.9. The molecule has 1 saturated heterocycles. The Hall–Kier alpha value is 0.0800. The van der Waals surface area contributed by atoms with Crippen LogP contribution in [0.4, 0.5) is 0 Å². The van der Waals surface area contributed by atoms with Gasteiger partial charge in [0.15, 0.2) is 0 Å². The maximum Gasteiger partial charge on any atom is 0.308 e. The predicted molar refractivity (Wildman–Crippen MR) is 58.8 cm³/mol. The summed E-state index contributed by atoms with van der Waals surface area (Å²) in [5.74, 6) is -0.271. The van der Waals surface area contributed by atoms with Crippen molar-refractivity contribution in [2.24, 2.45) is 0 Å². The van der Waals surface area contributed by atoms with Crippen LogP contribution in [-0.2, 0) is 14.3 Å². The average molecular weight is 359 g/mol. The third-order valence-corrected chi connectivity index (χ3v) is 2.87. The Balaban J connectivity index is 0.00000256. The molecule has 0 aliphatic carbocycles. The van der Waals surface area contributed by atoms with Crippen LogP contribution in [0.2, 0.25) is 0 Å². The van der Waals surface area contributed by atoms with Crippen LogP contribution in [0.1, 0.15) is 13.3 Å². The summed E-state index contributed by atoms with van der Waals surface area (Å²) < 4.78 is 11.1. The molecule has 6 heteroatoms. The molecular formula is C11H22INO4. The van der Waals surface area contributed by atoms with Gasteiger partial charge in [-0.2, -0.15) is 0 Å². The summed E-state index contributed by atoms with van der Waals surface area (Å²) in [6.07, 6.45) is 0.0571. The highest BCUT2D eigenvalue weighted by Crippen LogP contribution is 2.25. The Bertz CT molecular complexity index is 272. The van der Waals surface area contributed by atoms with Crippen molar-refractivity contribution in [3.05, 3.63) is 0 Å². The topological polar surface area (TPSA) is 55.8 Å². The SMILES string of the molecule is COC(=O)C[C@@H]1C[N+](C)(C)C[C@](C)(CO)O1.[I-]. The summed E-state index contributed by atoms with van der Waals surface area (Å²) in [5.41, 5.74) is -0.569. The number of ether oxygens (including phenoxy) is 2. The van der Waals surface area contributed by atoms with Crippen molar-refractivity contribution in [3.8, 4) is 0 Å². The number of carbonyl (C=O) groups is 1. The Morgan fingerprint density at radius 3 is 2.65 bits per heavy atom. The zero-order chi connectivity index (χ0) is 12.4. The molecule has 1 aliphatic rings. The monoisotopic (exact) mass is 359 g/mol. The van der Waals surface area contributed by atoms with E-state index in [0.717, 1.165) is 17.6 Å². The quantitative estimate of drug-likeness (QED) is 0.327. The number of aliphatic hydroxyl groups is 1. The van der Waals surface area contributed by atoms with Gasteiger partial charge in [-0.25, -0.2) is 0 Å². The van der Waals surface area contributed by atoms with Crippen LogP contribution in [0.5, 0.6) is 0 Å². The van der Waals surface area contributed by atoms with E-state index in [1.54, 1.807) is 0 Å². The van der Waals surface area contributed by atoms with Gasteiger partial charge < -0.3 is 43.0 Å². The molecule has 1 aliphatic heterocycles. The molecule has 0 saturated carbocycles. The number of methoxy groups -OCH3 is 1. The van der Waals surface area contributed by atoms with E-state index in [9.17, 15) is 9.90 Å². The second-order valence-corrected chi connectivity index (χ2v) is 5.40. The van der Waals surface area contributed by atoms with E-state index in [4.69, 9.17) is 4.74 Å². The number of quaternary nitrogens is 1. The standard InChI is InChI=1S/C11H22NO4.HI/c1-11(8-13)7-12(2,3)6-9(16-11)5-10(14)15-4;/h9,13H,5-8H2,1-4H3;1H/q+1;/p-1/t9-,11-;/m1./s1. The zero-order valence-corrected chi connectivity index (χ0v) is 13.1. The average Bonchev–Trinajstić information content (AvgIpc) is 2.14. The molecule has 102 valence electrons. The van der Waals surface area contributed by atoms with Gasteiger partial charge in [0.25, 0.3) is 0 Å². The van der Waals surface area contributed by atoms with Crippen molar-refractivity contribution in [2.75, 3.05) is 40.9 Å². The predicted octanol–water partition coefficient (Wildman–Crippen LogP) is -3.22. The summed E-state index contributed by atoms with van der Waals surface area (Å²) in [6, 6.07) is 0. The molecule has 0 bridgehead atoms. The van der Waals surface area contributed by atoms with Gasteiger partial charge in [0.05, 0.1) is 34.2 Å². The number of likely N-dealkylation sites (N-methyl/N-ethyl adjacent to an activating group) is 1. The van der Waals surface area contributed by atoms with Crippen molar-refractivity contribution in [1.82, 2.24) is 0 Å². The molecule has 1 N–H and O–H groups in total. The van der Waals surface area contributed by atoms with Crippen molar-refractivity contribution in [1.29, 1.82) is 0 Å². The summed E-state index contributed by atoms with van der Waals surface area (Å²) in [5, 5.41) is 9.34. The minimum atomic E-state index is -0.569. The van der Waals surface area contributed by atoms with Gasteiger partial charge in [0, 0.05) is 0 Å². The number of halogens is 1. The number of morpholine rings is 1. The molecule has 5 nitrogen and oxygen atoms in total. The fraction of sp³-hybridized carbons (Fsp3) is 0.909. The maximum atomic E-state index is 11.2. The van der Waals surface area contributed by atoms with Crippen LogP contribution in [0.25, 0.3) is 0 Å². The molecule has 17 heavy (non-hydrogen) atoms. The fourth-order valence-electron chi connectivity index (χ4n) is 2.46. The van der Waals surface area contributed by atoms with Gasteiger partial charge >= 0.3 is 5.97 Å². The molecule has 1 fully saturated rings. The molecule has 0 aromatic heterocycles. The molecule has 2 atom stereocenters. The van der Waals surface area contributed by atoms with Crippen LogP contribution in [0, 0.1) is 0 Å². The number of rotatable bonds is 3. The summed E-state index contributed by atoms with van der Waals surface area (Å²) in [4.78, 5) is 11.2. The highest BCUT2D eigenvalue weighted by molar-refractivity contribution is 5.69. The van der Waals surface area contributed by atoms with E-state index in [-0.39, 0.29) is 49.1 Å². The van der Waals surface area contributed by atoms with Crippen LogP contribution in [0.15, 0.2) is 0 Å². The molecular weight excluding hydrogens is 337 g/mol. The molecule has 1 heterocycles. The number of hydrogen-bond acceptors (Lipinski definition) is 4. The first-order chi connectivity index (χ1) is 7.30. The van der Waals surface area contributed by atoms with Crippen LogP contribution in [0.3, 0.4) is 0 Å². The smallest absolute Gasteiger partial charge is 0.308 e. The van der Waals surface area contributed by atoms with Gasteiger partial charge in [-0.15, -0.1) is 0 Å². The lowest BCUT2D eigenvalue weighted by atomic mass is 10.0. The third-order valence-electron chi connectivity index (χ3n) is 2.87. The lowest BCUT2D eigenvalue weighted by Crippen LogP contribution is -3.00. The van der Waals surface area contributed by atoms with E-state index >= 15 is 0 Å². The molecule has 1 rings (SSSR count). The largest absolute Gasteiger partial charge is 1.00 e. The van der Waals surface area contributed by atoms with E-state index in [0.29, 0.717) is 0 Å². The summed E-state index contributed by atoms with van der Waals surface area (Å²) in [6.45, 7) is 3.33. The van der Waals surface area contributed by atoms with Crippen molar-refractivity contribution in [2.45, 2.75) is 25.0 Å². The second kappa shape index (κ2) is 6.31. The normalized spacial score (nSPS) is 31.5. The first-order valence-corrected chi connectivity index (χ1v) is 5.48. The van der Waals surface area contributed by atoms with E-state index in [1.165, 1.54) is 7.11 Å². The van der Waals surface area contributed by atoms with Crippen molar-refractivity contribution >= 4 is 5.97 Å². The van der Waals surface area contributed by atoms with E-state index in [1.807, 2.05) is 6.92 Å². The number of hydrogen-bond donors (Lipinski definition) is 1. The van der Waals surface area contributed by atoms with Crippen LogP contribution in [-0.4, -0.2) is 68.2 Å². The first-order valence-electron chi connectivity index (χ1n) is 5.48. The first kappa shape index (κ1) is 17.1. The number of esters is 1. The third kappa shape index (κ3) is 5.07. The number of aliphatic hydroxyl groups excluding tert-OH is 1. The van der Waals surface area contributed by atoms with Gasteiger partial charge in [0.1, 0.15) is 24.8 Å². The summed E-state index contributed by atoms with van der Waals surface area (Å²) in [7, 11) is 5.51.